The van der Waals surface area contributed by atoms with Gasteiger partial charge in [0.15, 0.2) is 0 Å². The molecule has 0 amide bonds. The van der Waals surface area contributed by atoms with Crippen LogP contribution in [-0.4, -0.2) is 54.9 Å². The van der Waals surface area contributed by atoms with E-state index in [1.807, 2.05) is 0 Å². The molecule has 0 aromatic carbocycles. The molecule has 0 aromatic rings. The first-order valence-electron chi connectivity index (χ1n) is 7.81. The molecule has 18 heavy (non-hydrogen) atoms. The molecule has 0 aromatic heterocycles. The summed E-state index contributed by atoms with van der Waals surface area (Å²) in [6.07, 6.45) is 7.62. The monoisotopic (exact) mass is 250 g/mol. The van der Waals surface area contributed by atoms with Crippen LogP contribution in [0.2, 0.25) is 0 Å². The Bertz CT molecular complexity index is 265. The highest BCUT2D eigenvalue weighted by Crippen LogP contribution is 2.30. The summed E-state index contributed by atoms with van der Waals surface area (Å²) in [5.74, 6) is 1.29. The van der Waals surface area contributed by atoms with E-state index < -0.39 is 0 Å². The van der Waals surface area contributed by atoms with Gasteiger partial charge in [0.05, 0.1) is 0 Å². The molecule has 3 heteroatoms. The number of carbonyl (C=O) groups is 1. The number of hydrogen-bond acceptors (Lipinski definition) is 3. The van der Waals surface area contributed by atoms with Gasteiger partial charge in [0, 0.05) is 24.9 Å². The standard InChI is InChI=1S/C15H26N2O/c18-15-13(11-16-7-1-2-8-16)5-6-14(15)12-17-9-3-4-10-17/h13-14H,1-12H2/t13-,14-/m1/s1. The molecule has 2 atom stereocenters. The molecule has 1 aliphatic carbocycles. The van der Waals surface area contributed by atoms with Crippen molar-refractivity contribution < 1.29 is 4.79 Å². The zero-order valence-electron chi connectivity index (χ0n) is 11.4. The first-order chi connectivity index (χ1) is 8.83. The fourth-order valence-corrected chi connectivity index (χ4v) is 3.94. The molecule has 2 heterocycles. The van der Waals surface area contributed by atoms with E-state index in [4.69, 9.17) is 0 Å². The van der Waals surface area contributed by atoms with Gasteiger partial charge in [0.2, 0.25) is 0 Å². The van der Waals surface area contributed by atoms with Crippen LogP contribution in [0.5, 0.6) is 0 Å². The van der Waals surface area contributed by atoms with Crippen molar-refractivity contribution in [1.29, 1.82) is 0 Å². The molecular weight excluding hydrogens is 224 g/mol. The SMILES string of the molecule is O=C1[C@@H](CN2CCCC2)CC[C@@H]1CN1CCCC1. The van der Waals surface area contributed by atoms with Crippen LogP contribution in [0.3, 0.4) is 0 Å². The molecule has 3 fully saturated rings. The van der Waals surface area contributed by atoms with Crippen LogP contribution in [-0.2, 0) is 4.79 Å². The van der Waals surface area contributed by atoms with Crippen LogP contribution in [0.25, 0.3) is 0 Å². The molecule has 0 bridgehead atoms. The summed E-state index contributed by atoms with van der Waals surface area (Å²) in [5.41, 5.74) is 0. The Kier molecular flexibility index (Phi) is 4.00. The molecule has 102 valence electrons. The number of nitrogens with zero attached hydrogens (tertiary/aromatic N) is 2. The van der Waals surface area contributed by atoms with Gasteiger partial charge in [-0.15, -0.1) is 0 Å². The average molecular weight is 250 g/mol. The summed E-state index contributed by atoms with van der Waals surface area (Å²) in [6, 6.07) is 0. The van der Waals surface area contributed by atoms with Gasteiger partial charge in [0.1, 0.15) is 5.78 Å². The number of carbonyl (C=O) groups excluding carboxylic acids is 1. The minimum absolute atomic E-state index is 0.357. The average Bonchev–Trinajstić information content (AvgIpc) is 3.08. The molecule has 3 rings (SSSR count). The summed E-state index contributed by atoms with van der Waals surface area (Å²) < 4.78 is 0. The quantitative estimate of drug-likeness (QED) is 0.760. The summed E-state index contributed by atoms with van der Waals surface area (Å²) in [6.45, 7) is 6.99. The molecular formula is C15H26N2O. The van der Waals surface area contributed by atoms with Crippen LogP contribution in [0.15, 0.2) is 0 Å². The molecule has 0 unspecified atom stereocenters. The van der Waals surface area contributed by atoms with Crippen molar-refractivity contribution in [3.63, 3.8) is 0 Å². The highest BCUT2D eigenvalue weighted by molar-refractivity contribution is 5.85. The van der Waals surface area contributed by atoms with Crippen molar-refractivity contribution in [3.8, 4) is 0 Å². The van der Waals surface area contributed by atoms with E-state index in [0.717, 1.165) is 25.9 Å². The van der Waals surface area contributed by atoms with Gasteiger partial charge in [-0.3, -0.25) is 4.79 Å². The van der Waals surface area contributed by atoms with Crippen molar-refractivity contribution in [1.82, 2.24) is 9.80 Å². The van der Waals surface area contributed by atoms with Crippen molar-refractivity contribution in [3.05, 3.63) is 0 Å². The van der Waals surface area contributed by atoms with E-state index in [1.165, 1.54) is 51.9 Å². The van der Waals surface area contributed by atoms with E-state index >= 15 is 0 Å². The fourth-order valence-electron chi connectivity index (χ4n) is 3.94. The number of hydrogen-bond donors (Lipinski definition) is 0. The number of ketones is 1. The fraction of sp³-hybridized carbons (Fsp3) is 0.933. The van der Waals surface area contributed by atoms with Gasteiger partial charge in [-0.2, -0.15) is 0 Å². The minimum Gasteiger partial charge on any atom is -0.303 e. The Labute approximate surface area is 111 Å². The third kappa shape index (κ3) is 2.77. The normalized spacial score (nSPS) is 34.8. The summed E-state index contributed by atoms with van der Waals surface area (Å²) in [5, 5.41) is 0. The van der Waals surface area contributed by atoms with Crippen molar-refractivity contribution in [2.75, 3.05) is 39.3 Å². The zero-order valence-corrected chi connectivity index (χ0v) is 11.4. The maximum Gasteiger partial charge on any atom is 0.141 e. The van der Waals surface area contributed by atoms with E-state index in [9.17, 15) is 4.79 Å². The first-order valence-corrected chi connectivity index (χ1v) is 7.81. The second-order valence-electron chi connectivity index (χ2n) is 6.39. The van der Waals surface area contributed by atoms with Gasteiger partial charge in [-0.1, -0.05) is 0 Å². The molecule has 0 radical (unpaired) electrons. The van der Waals surface area contributed by atoms with Gasteiger partial charge in [-0.25, -0.2) is 0 Å². The molecule has 2 saturated heterocycles. The van der Waals surface area contributed by atoms with Crippen molar-refractivity contribution >= 4 is 5.78 Å². The van der Waals surface area contributed by atoms with Gasteiger partial charge in [0.25, 0.3) is 0 Å². The van der Waals surface area contributed by atoms with Crippen LogP contribution in [0, 0.1) is 11.8 Å². The molecule has 3 aliphatic rings. The van der Waals surface area contributed by atoms with Crippen LogP contribution in [0.4, 0.5) is 0 Å². The second-order valence-corrected chi connectivity index (χ2v) is 6.39. The maximum atomic E-state index is 12.4. The molecule has 3 nitrogen and oxygen atoms in total. The Morgan fingerprint density at radius 1 is 0.778 bits per heavy atom. The zero-order chi connectivity index (χ0) is 12.4. The Balaban J connectivity index is 1.48. The topological polar surface area (TPSA) is 23.6 Å². The van der Waals surface area contributed by atoms with E-state index in [-0.39, 0.29) is 0 Å². The highest BCUT2D eigenvalue weighted by atomic mass is 16.1. The largest absolute Gasteiger partial charge is 0.303 e. The van der Waals surface area contributed by atoms with Gasteiger partial charge in [-0.05, 0) is 64.7 Å². The lowest BCUT2D eigenvalue weighted by Gasteiger charge is -2.21. The van der Waals surface area contributed by atoms with E-state index in [1.54, 1.807) is 0 Å². The molecule has 1 saturated carbocycles. The van der Waals surface area contributed by atoms with Gasteiger partial charge >= 0.3 is 0 Å². The molecule has 2 aliphatic heterocycles. The van der Waals surface area contributed by atoms with E-state index in [0.29, 0.717) is 17.6 Å². The lowest BCUT2D eigenvalue weighted by Crippen LogP contribution is -2.33. The molecule has 0 spiro atoms. The molecule has 0 N–H and O–H groups in total. The smallest absolute Gasteiger partial charge is 0.141 e. The maximum absolute atomic E-state index is 12.4. The van der Waals surface area contributed by atoms with E-state index in [2.05, 4.69) is 9.80 Å². The third-order valence-electron chi connectivity index (χ3n) is 5.02. The predicted octanol–water partition coefficient (Wildman–Crippen LogP) is 1.77. The Morgan fingerprint density at radius 3 is 1.56 bits per heavy atom. The number of rotatable bonds is 4. The Hall–Kier alpha value is -0.410. The number of likely N-dealkylation sites (tertiary alicyclic amines) is 2. The van der Waals surface area contributed by atoms with Crippen molar-refractivity contribution in [2.45, 2.75) is 38.5 Å². The summed E-state index contributed by atoms with van der Waals surface area (Å²) in [7, 11) is 0. The third-order valence-corrected chi connectivity index (χ3v) is 5.02. The minimum atomic E-state index is 0.357. The summed E-state index contributed by atoms with van der Waals surface area (Å²) in [4.78, 5) is 17.4. The van der Waals surface area contributed by atoms with Crippen LogP contribution in [0.1, 0.15) is 38.5 Å². The lowest BCUT2D eigenvalue weighted by atomic mass is 10.0. The first kappa shape index (κ1) is 12.6. The van der Waals surface area contributed by atoms with Crippen LogP contribution < -0.4 is 0 Å². The van der Waals surface area contributed by atoms with Crippen molar-refractivity contribution in [2.24, 2.45) is 11.8 Å². The second kappa shape index (κ2) is 5.70. The summed E-state index contributed by atoms with van der Waals surface area (Å²) >= 11 is 0. The lowest BCUT2D eigenvalue weighted by molar-refractivity contribution is -0.124. The predicted molar refractivity (Wildman–Crippen MR) is 72.6 cm³/mol. The van der Waals surface area contributed by atoms with Gasteiger partial charge < -0.3 is 9.80 Å². The highest BCUT2D eigenvalue weighted by Gasteiger charge is 2.36. The Morgan fingerprint density at radius 2 is 1.17 bits per heavy atom. The van der Waals surface area contributed by atoms with Crippen LogP contribution >= 0.6 is 0 Å². The number of Topliss-reactive ketones (excluding diaryl/α,β-unsaturated/α-hetero) is 1.